The molecule has 6 nitrogen and oxygen atoms in total. The summed E-state index contributed by atoms with van der Waals surface area (Å²) in [6.07, 6.45) is 1.05. The molecular formula is C18H21ClN2O4S. The third-order valence-electron chi connectivity index (χ3n) is 3.84. The monoisotopic (exact) mass is 396 g/mol. The van der Waals surface area contributed by atoms with Crippen LogP contribution >= 0.6 is 11.6 Å². The second-order valence-corrected chi connectivity index (χ2v) is 8.16. The first-order valence-electron chi connectivity index (χ1n) is 7.84. The maximum atomic E-state index is 12.6. The van der Waals surface area contributed by atoms with Crippen LogP contribution < -0.4 is 14.4 Å². The lowest BCUT2D eigenvalue weighted by molar-refractivity contribution is -0.116. The molecule has 0 spiro atoms. The number of rotatable bonds is 6. The molecule has 1 atom stereocenters. The standard InChI is InChI=1S/C18H21ClN2O4S/c1-12-8-9-15(11-17(12)19)21(26(4,23)24)13(2)18(22)20-14-6-5-7-16(10-14)25-3/h5-11,13H,1-4H3,(H,20,22)/t13-/m0/s1. The van der Waals surface area contributed by atoms with Gasteiger partial charge in [0.05, 0.1) is 19.1 Å². The van der Waals surface area contributed by atoms with Crippen LogP contribution in [-0.2, 0) is 14.8 Å². The van der Waals surface area contributed by atoms with Crippen molar-refractivity contribution in [3.8, 4) is 5.75 Å². The zero-order valence-electron chi connectivity index (χ0n) is 15.0. The number of carbonyl (C=O) groups is 1. The molecular weight excluding hydrogens is 376 g/mol. The third kappa shape index (κ3) is 4.68. The van der Waals surface area contributed by atoms with E-state index >= 15 is 0 Å². The van der Waals surface area contributed by atoms with E-state index in [2.05, 4.69) is 5.32 Å². The number of methoxy groups -OCH3 is 1. The normalized spacial score (nSPS) is 12.3. The minimum atomic E-state index is -3.71. The number of ether oxygens (including phenoxy) is 1. The Morgan fingerprint density at radius 3 is 2.50 bits per heavy atom. The Kier molecular flexibility index (Phi) is 6.15. The predicted octanol–water partition coefficient (Wildman–Crippen LogP) is 3.45. The van der Waals surface area contributed by atoms with E-state index in [0.717, 1.165) is 16.1 Å². The molecule has 2 aromatic rings. The number of nitrogens with one attached hydrogen (secondary N) is 1. The maximum Gasteiger partial charge on any atom is 0.247 e. The number of benzene rings is 2. The fourth-order valence-electron chi connectivity index (χ4n) is 2.48. The minimum Gasteiger partial charge on any atom is -0.497 e. The van der Waals surface area contributed by atoms with Gasteiger partial charge in [-0.15, -0.1) is 0 Å². The molecule has 0 heterocycles. The van der Waals surface area contributed by atoms with Crippen LogP contribution in [0.3, 0.4) is 0 Å². The Morgan fingerprint density at radius 2 is 1.92 bits per heavy atom. The van der Waals surface area contributed by atoms with Gasteiger partial charge in [-0.2, -0.15) is 0 Å². The Labute approximate surface area is 158 Å². The van der Waals surface area contributed by atoms with Crippen LogP contribution in [0.25, 0.3) is 0 Å². The third-order valence-corrected chi connectivity index (χ3v) is 5.48. The van der Waals surface area contributed by atoms with Crippen molar-refractivity contribution in [2.75, 3.05) is 23.0 Å². The SMILES string of the molecule is COc1cccc(NC(=O)[C@H](C)N(c2ccc(C)c(Cl)c2)S(C)(=O)=O)c1. The smallest absolute Gasteiger partial charge is 0.247 e. The van der Waals surface area contributed by atoms with Crippen molar-refractivity contribution >= 4 is 38.9 Å². The lowest BCUT2D eigenvalue weighted by atomic mass is 10.2. The summed E-state index contributed by atoms with van der Waals surface area (Å²) in [7, 11) is -2.18. The molecule has 140 valence electrons. The summed E-state index contributed by atoms with van der Waals surface area (Å²) >= 11 is 6.12. The quantitative estimate of drug-likeness (QED) is 0.811. The van der Waals surface area contributed by atoms with E-state index in [-0.39, 0.29) is 0 Å². The molecule has 0 saturated heterocycles. The molecule has 1 amide bonds. The first-order chi connectivity index (χ1) is 12.1. The Bertz CT molecular complexity index is 915. The minimum absolute atomic E-state index is 0.330. The summed E-state index contributed by atoms with van der Waals surface area (Å²) in [4.78, 5) is 12.6. The van der Waals surface area contributed by atoms with Gasteiger partial charge in [-0.05, 0) is 43.7 Å². The molecule has 0 fully saturated rings. The van der Waals surface area contributed by atoms with Crippen LogP contribution in [0.5, 0.6) is 5.75 Å². The molecule has 1 N–H and O–H groups in total. The van der Waals surface area contributed by atoms with Crippen molar-refractivity contribution in [2.45, 2.75) is 19.9 Å². The Morgan fingerprint density at radius 1 is 1.23 bits per heavy atom. The van der Waals surface area contributed by atoms with Crippen LogP contribution in [0.1, 0.15) is 12.5 Å². The van der Waals surface area contributed by atoms with Gasteiger partial charge in [0.1, 0.15) is 11.8 Å². The highest BCUT2D eigenvalue weighted by Crippen LogP contribution is 2.27. The van der Waals surface area contributed by atoms with E-state index < -0.39 is 22.0 Å². The number of halogens is 1. The predicted molar refractivity (Wildman–Crippen MR) is 105 cm³/mol. The highest BCUT2D eigenvalue weighted by molar-refractivity contribution is 7.92. The van der Waals surface area contributed by atoms with Crippen LogP contribution in [-0.4, -0.2) is 33.7 Å². The molecule has 0 unspecified atom stereocenters. The lowest BCUT2D eigenvalue weighted by Crippen LogP contribution is -2.45. The fraction of sp³-hybridized carbons (Fsp3) is 0.278. The summed E-state index contributed by atoms with van der Waals surface area (Å²) in [5.74, 6) is 0.112. The molecule has 2 rings (SSSR count). The zero-order chi connectivity index (χ0) is 19.5. The molecule has 0 radical (unpaired) electrons. The van der Waals surface area contributed by atoms with Gasteiger partial charge in [0, 0.05) is 16.8 Å². The number of hydrogen-bond donors (Lipinski definition) is 1. The first-order valence-corrected chi connectivity index (χ1v) is 10.1. The summed E-state index contributed by atoms with van der Waals surface area (Å²) in [6.45, 7) is 3.33. The number of anilines is 2. The van der Waals surface area contributed by atoms with Crippen LogP contribution in [0.2, 0.25) is 5.02 Å². The number of sulfonamides is 1. The van der Waals surface area contributed by atoms with E-state index in [1.807, 2.05) is 6.92 Å². The van der Waals surface area contributed by atoms with Gasteiger partial charge in [0.2, 0.25) is 15.9 Å². The number of amides is 1. The maximum absolute atomic E-state index is 12.6. The van der Waals surface area contributed by atoms with E-state index in [1.54, 1.807) is 36.4 Å². The first kappa shape index (κ1) is 20.1. The van der Waals surface area contributed by atoms with Gasteiger partial charge in [0.15, 0.2) is 0 Å². The van der Waals surface area contributed by atoms with Gasteiger partial charge in [-0.3, -0.25) is 9.10 Å². The van der Waals surface area contributed by atoms with Crippen molar-refractivity contribution in [1.29, 1.82) is 0 Å². The molecule has 26 heavy (non-hydrogen) atoms. The van der Waals surface area contributed by atoms with Gasteiger partial charge in [-0.25, -0.2) is 8.42 Å². The lowest BCUT2D eigenvalue weighted by Gasteiger charge is -2.28. The number of carbonyl (C=O) groups excluding carboxylic acids is 1. The fourth-order valence-corrected chi connectivity index (χ4v) is 3.82. The van der Waals surface area contributed by atoms with Gasteiger partial charge in [-0.1, -0.05) is 23.7 Å². The average molecular weight is 397 g/mol. The van der Waals surface area contributed by atoms with E-state index in [0.29, 0.717) is 22.1 Å². The second kappa shape index (κ2) is 7.97. The van der Waals surface area contributed by atoms with Gasteiger partial charge in [0.25, 0.3) is 0 Å². The van der Waals surface area contributed by atoms with Crippen LogP contribution in [0.15, 0.2) is 42.5 Å². The van der Waals surface area contributed by atoms with Gasteiger partial charge >= 0.3 is 0 Å². The topological polar surface area (TPSA) is 75.7 Å². The Balaban J connectivity index is 2.32. The van der Waals surface area contributed by atoms with Crippen LogP contribution in [0, 0.1) is 6.92 Å². The molecule has 0 saturated carbocycles. The van der Waals surface area contributed by atoms with E-state index in [4.69, 9.17) is 16.3 Å². The number of hydrogen-bond acceptors (Lipinski definition) is 4. The molecule has 0 aliphatic rings. The molecule has 0 aliphatic heterocycles. The van der Waals surface area contributed by atoms with E-state index in [9.17, 15) is 13.2 Å². The summed E-state index contributed by atoms with van der Waals surface area (Å²) in [5.41, 5.74) is 1.66. The summed E-state index contributed by atoms with van der Waals surface area (Å²) in [5, 5.41) is 3.13. The molecule has 0 bridgehead atoms. The van der Waals surface area contributed by atoms with Crippen molar-refractivity contribution in [3.63, 3.8) is 0 Å². The average Bonchev–Trinajstić information content (AvgIpc) is 2.57. The van der Waals surface area contributed by atoms with Crippen molar-refractivity contribution in [2.24, 2.45) is 0 Å². The second-order valence-electron chi connectivity index (χ2n) is 5.89. The summed E-state index contributed by atoms with van der Waals surface area (Å²) in [6, 6.07) is 10.7. The summed E-state index contributed by atoms with van der Waals surface area (Å²) < 4.78 is 30.8. The molecule has 0 aromatic heterocycles. The van der Waals surface area contributed by atoms with Crippen LogP contribution in [0.4, 0.5) is 11.4 Å². The molecule has 0 aliphatic carbocycles. The molecule has 8 heteroatoms. The molecule has 2 aromatic carbocycles. The number of aryl methyl sites for hydroxylation is 1. The van der Waals surface area contributed by atoms with Crippen molar-refractivity contribution < 1.29 is 17.9 Å². The number of nitrogens with zero attached hydrogens (tertiary/aromatic N) is 1. The van der Waals surface area contributed by atoms with Crippen molar-refractivity contribution in [1.82, 2.24) is 0 Å². The Hall–Kier alpha value is -2.25. The largest absolute Gasteiger partial charge is 0.497 e. The van der Waals surface area contributed by atoms with Crippen molar-refractivity contribution in [3.05, 3.63) is 53.1 Å². The zero-order valence-corrected chi connectivity index (χ0v) is 16.6. The highest BCUT2D eigenvalue weighted by atomic mass is 35.5. The van der Waals surface area contributed by atoms with E-state index in [1.165, 1.54) is 20.1 Å². The van der Waals surface area contributed by atoms with Gasteiger partial charge < -0.3 is 10.1 Å². The highest BCUT2D eigenvalue weighted by Gasteiger charge is 2.29.